The summed E-state index contributed by atoms with van der Waals surface area (Å²) in [6.45, 7) is 4.88. The van der Waals surface area contributed by atoms with Gasteiger partial charge in [-0.05, 0) is 18.1 Å². The van der Waals surface area contributed by atoms with E-state index in [1.54, 1.807) is 11.9 Å². The largest absolute Gasteiger partial charge is 0.475 e. The van der Waals surface area contributed by atoms with Gasteiger partial charge in [-0.25, -0.2) is 9.59 Å². The minimum Gasteiger partial charge on any atom is -0.475 e. The number of carboxylic acids is 1. The van der Waals surface area contributed by atoms with Crippen molar-refractivity contribution in [3.63, 3.8) is 0 Å². The first-order chi connectivity index (χ1) is 8.40. The highest BCUT2D eigenvalue weighted by atomic mass is 16.4. The normalized spacial score (nSPS) is 10.4. The van der Waals surface area contributed by atoms with E-state index in [2.05, 4.69) is 5.32 Å². The standard InChI is InChI=1S/C12H18N2O4/c1-8(2)7-14(3)12(17)13-6-9-4-5-10(18-9)11(15)16/h4-5,8H,6-7H2,1-3H3,(H,13,17)(H,15,16). The number of carboxylic acid groups (broad SMARTS) is 1. The van der Waals surface area contributed by atoms with E-state index in [0.717, 1.165) is 0 Å². The topological polar surface area (TPSA) is 82.8 Å². The van der Waals surface area contributed by atoms with Crippen molar-refractivity contribution in [1.82, 2.24) is 10.2 Å². The summed E-state index contributed by atoms with van der Waals surface area (Å²) < 4.78 is 5.02. The van der Waals surface area contributed by atoms with E-state index in [0.29, 0.717) is 18.2 Å². The smallest absolute Gasteiger partial charge is 0.371 e. The Morgan fingerprint density at radius 1 is 1.44 bits per heavy atom. The predicted octanol–water partition coefficient (Wildman–Crippen LogP) is 1.78. The summed E-state index contributed by atoms with van der Waals surface area (Å²) in [6, 6.07) is 2.69. The van der Waals surface area contributed by atoms with Crippen LogP contribution < -0.4 is 5.32 Å². The highest BCUT2D eigenvalue weighted by Gasteiger charge is 2.12. The fraction of sp³-hybridized carbons (Fsp3) is 0.500. The Hall–Kier alpha value is -1.98. The number of amides is 2. The van der Waals surface area contributed by atoms with Crippen LogP contribution in [-0.2, 0) is 6.54 Å². The number of carbonyl (C=O) groups is 2. The molecule has 18 heavy (non-hydrogen) atoms. The number of rotatable bonds is 5. The molecule has 1 aromatic heterocycles. The molecule has 0 saturated carbocycles. The molecule has 100 valence electrons. The second kappa shape index (κ2) is 6.09. The number of nitrogens with zero attached hydrogens (tertiary/aromatic N) is 1. The number of carbonyl (C=O) groups excluding carboxylic acids is 1. The van der Waals surface area contributed by atoms with E-state index in [1.165, 1.54) is 12.1 Å². The molecule has 0 atom stereocenters. The molecular formula is C12H18N2O4. The van der Waals surface area contributed by atoms with Crippen molar-refractivity contribution < 1.29 is 19.1 Å². The average molecular weight is 254 g/mol. The van der Waals surface area contributed by atoms with Crippen molar-refractivity contribution in [2.24, 2.45) is 5.92 Å². The molecule has 1 aromatic rings. The number of urea groups is 1. The summed E-state index contributed by atoms with van der Waals surface area (Å²) in [5.74, 6) is -0.444. The summed E-state index contributed by atoms with van der Waals surface area (Å²) in [6.07, 6.45) is 0. The van der Waals surface area contributed by atoms with E-state index in [9.17, 15) is 9.59 Å². The lowest BCUT2D eigenvalue weighted by Crippen LogP contribution is -2.38. The van der Waals surface area contributed by atoms with Crippen LogP contribution in [0.4, 0.5) is 4.79 Å². The van der Waals surface area contributed by atoms with E-state index in [-0.39, 0.29) is 18.3 Å². The molecule has 0 unspecified atom stereocenters. The van der Waals surface area contributed by atoms with Gasteiger partial charge in [-0.1, -0.05) is 13.8 Å². The molecule has 0 radical (unpaired) electrons. The minimum absolute atomic E-state index is 0.130. The van der Waals surface area contributed by atoms with Crippen LogP contribution >= 0.6 is 0 Å². The van der Waals surface area contributed by atoms with Crippen molar-refractivity contribution in [1.29, 1.82) is 0 Å². The molecule has 0 fully saturated rings. The average Bonchev–Trinajstić information content (AvgIpc) is 2.73. The molecule has 1 heterocycles. The number of hydrogen-bond acceptors (Lipinski definition) is 3. The van der Waals surface area contributed by atoms with Crippen molar-refractivity contribution in [3.8, 4) is 0 Å². The molecular weight excluding hydrogens is 236 g/mol. The molecule has 6 heteroatoms. The number of aromatic carboxylic acids is 1. The number of furan rings is 1. The van der Waals surface area contributed by atoms with Crippen LogP contribution in [0.3, 0.4) is 0 Å². The summed E-state index contributed by atoms with van der Waals surface area (Å²) in [4.78, 5) is 23.8. The van der Waals surface area contributed by atoms with Crippen molar-refractivity contribution >= 4 is 12.0 Å². The van der Waals surface area contributed by atoms with Crippen LogP contribution in [-0.4, -0.2) is 35.6 Å². The first-order valence-corrected chi connectivity index (χ1v) is 5.71. The summed E-state index contributed by atoms with van der Waals surface area (Å²) >= 11 is 0. The zero-order chi connectivity index (χ0) is 13.7. The second-order valence-electron chi connectivity index (χ2n) is 4.50. The van der Waals surface area contributed by atoms with E-state index in [4.69, 9.17) is 9.52 Å². The van der Waals surface area contributed by atoms with Gasteiger partial charge in [0.25, 0.3) is 0 Å². The SMILES string of the molecule is CC(C)CN(C)C(=O)NCc1ccc(C(=O)O)o1. The maximum Gasteiger partial charge on any atom is 0.371 e. The number of nitrogens with one attached hydrogen (secondary N) is 1. The predicted molar refractivity (Wildman–Crippen MR) is 65.4 cm³/mol. The lowest BCUT2D eigenvalue weighted by atomic mass is 10.2. The van der Waals surface area contributed by atoms with Gasteiger partial charge in [0.05, 0.1) is 6.54 Å². The minimum atomic E-state index is -1.12. The van der Waals surface area contributed by atoms with Crippen LogP contribution in [0.25, 0.3) is 0 Å². The Bertz CT molecular complexity index is 425. The van der Waals surface area contributed by atoms with Crippen LogP contribution in [0.2, 0.25) is 0 Å². The van der Waals surface area contributed by atoms with Crippen molar-refractivity contribution in [3.05, 3.63) is 23.7 Å². The first kappa shape index (κ1) is 14.1. The molecule has 2 amide bonds. The van der Waals surface area contributed by atoms with Crippen LogP contribution in [0.5, 0.6) is 0 Å². The van der Waals surface area contributed by atoms with Gasteiger partial charge in [0.1, 0.15) is 5.76 Å². The second-order valence-corrected chi connectivity index (χ2v) is 4.50. The van der Waals surface area contributed by atoms with Gasteiger partial charge in [0, 0.05) is 13.6 Å². The zero-order valence-corrected chi connectivity index (χ0v) is 10.8. The van der Waals surface area contributed by atoms with Crippen molar-refractivity contribution in [2.45, 2.75) is 20.4 Å². The first-order valence-electron chi connectivity index (χ1n) is 5.71. The van der Waals surface area contributed by atoms with E-state index in [1.807, 2.05) is 13.8 Å². The van der Waals surface area contributed by atoms with Crippen LogP contribution in [0.15, 0.2) is 16.5 Å². The lowest BCUT2D eigenvalue weighted by Gasteiger charge is -2.19. The molecule has 6 nitrogen and oxygen atoms in total. The molecule has 0 saturated heterocycles. The maximum absolute atomic E-state index is 11.6. The van der Waals surface area contributed by atoms with E-state index >= 15 is 0 Å². The van der Waals surface area contributed by atoms with Crippen molar-refractivity contribution in [2.75, 3.05) is 13.6 Å². The van der Waals surface area contributed by atoms with E-state index < -0.39 is 5.97 Å². The van der Waals surface area contributed by atoms with Gasteiger partial charge in [0.15, 0.2) is 0 Å². The zero-order valence-electron chi connectivity index (χ0n) is 10.8. The molecule has 2 N–H and O–H groups in total. The highest BCUT2D eigenvalue weighted by Crippen LogP contribution is 2.07. The molecule has 0 aromatic carbocycles. The van der Waals surface area contributed by atoms with Crippen LogP contribution in [0.1, 0.15) is 30.2 Å². The van der Waals surface area contributed by atoms with Gasteiger partial charge in [-0.2, -0.15) is 0 Å². The Morgan fingerprint density at radius 3 is 2.61 bits per heavy atom. The van der Waals surface area contributed by atoms with Gasteiger partial charge in [-0.15, -0.1) is 0 Å². The fourth-order valence-corrected chi connectivity index (χ4v) is 1.52. The monoisotopic (exact) mass is 254 g/mol. The Labute approximate surface area is 106 Å². The molecule has 0 aliphatic carbocycles. The van der Waals surface area contributed by atoms with Gasteiger partial charge < -0.3 is 19.7 Å². The van der Waals surface area contributed by atoms with Gasteiger partial charge in [0.2, 0.25) is 5.76 Å². The highest BCUT2D eigenvalue weighted by molar-refractivity contribution is 5.84. The van der Waals surface area contributed by atoms with Crippen LogP contribution in [0, 0.1) is 5.92 Å². The molecule has 0 aliphatic rings. The van der Waals surface area contributed by atoms with Gasteiger partial charge in [-0.3, -0.25) is 0 Å². The Kier molecular flexibility index (Phi) is 4.76. The lowest BCUT2D eigenvalue weighted by molar-refractivity contribution is 0.0660. The summed E-state index contributed by atoms with van der Waals surface area (Å²) in [7, 11) is 1.71. The quantitative estimate of drug-likeness (QED) is 0.839. The summed E-state index contributed by atoms with van der Waals surface area (Å²) in [5.41, 5.74) is 0. The van der Waals surface area contributed by atoms with Gasteiger partial charge >= 0.3 is 12.0 Å². The Morgan fingerprint density at radius 2 is 2.11 bits per heavy atom. The third kappa shape index (κ3) is 4.12. The Balaban J connectivity index is 2.44. The number of hydrogen-bond donors (Lipinski definition) is 2. The molecule has 0 spiro atoms. The molecule has 0 bridgehead atoms. The fourth-order valence-electron chi connectivity index (χ4n) is 1.52. The molecule has 1 rings (SSSR count). The third-order valence-corrected chi connectivity index (χ3v) is 2.27. The third-order valence-electron chi connectivity index (χ3n) is 2.27. The summed E-state index contributed by atoms with van der Waals surface area (Å²) in [5, 5.41) is 11.3. The maximum atomic E-state index is 11.6. The molecule has 0 aliphatic heterocycles.